The lowest BCUT2D eigenvalue weighted by atomic mass is 10.2. The Morgan fingerprint density at radius 2 is 2.25 bits per heavy atom. The normalized spacial score (nSPS) is 10.3. The minimum absolute atomic E-state index is 0.193. The number of nitrogens with zero attached hydrogens (tertiary/aromatic N) is 2. The summed E-state index contributed by atoms with van der Waals surface area (Å²) in [5.41, 5.74) is 0.857. The summed E-state index contributed by atoms with van der Waals surface area (Å²) in [6, 6.07) is 7.03. The molecule has 0 aromatic carbocycles. The number of halogens is 1. The fraction of sp³-hybridized carbons (Fsp3) is 0.286. The third kappa shape index (κ3) is 3.39. The highest BCUT2D eigenvalue weighted by Crippen LogP contribution is 2.19. The molecule has 0 N–H and O–H groups in total. The molecule has 2 rings (SSSR count). The fourth-order valence-electron chi connectivity index (χ4n) is 1.76. The molecular formula is C14H15BrN2O3. The highest BCUT2D eigenvalue weighted by atomic mass is 79.9. The van der Waals surface area contributed by atoms with Crippen molar-refractivity contribution in [2.24, 2.45) is 0 Å². The molecule has 0 radical (unpaired) electrons. The third-order valence-electron chi connectivity index (χ3n) is 2.67. The van der Waals surface area contributed by atoms with Crippen LogP contribution in [0.2, 0.25) is 0 Å². The number of rotatable bonds is 5. The Hall–Kier alpha value is -1.82. The van der Waals surface area contributed by atoms with Crippen LogP contribution in [0.5, 0.6) is 5.88 Å². The molecule has 0 fully saturated rings. The Bertz CT molecular complexity index is 598. The van der Waals surface area contributed by atoms with E-state index >= 15 is 0 Å². The summed E-state index contributed by atoms with van der Waals surface area (Å²) in [4.78, 5) is 17.9. The lowest BCUT2D eigenvalue weighted by Crippen LogP contribution is -2.26. The van der Waals surface area contributed by atoms with Crippen LogP contribution in [-0.2, 0) is 6.54 Å². The van der Waals surface area contributed by atoms with E-state index < -0.39 is 0 Å². The SMILES string of the molecule is CCOc1ncccc1CN(C)C(=O)c1ccc(Br)o1. The molecule has 5 nitrogen and oxygen atoms in total. The number of aromatic nitrogens is 1. The zero-order valence-electron chi connectivity index (χ0n) is 11.3. The summed E-state index contributed by atoms with van der Waals surface area (Å²) in [7, 11) is 1.71. The number of hydrogen-bond acceptors (Lipinski definition) is 4. The quantitative estimate of drug-likeness (QED) is 0.840. The van der Waals surface area contributed by atoms with Crippen LogP contribution in [0.3, 0.4) is 0 Å². The largest absolute Gasteiger partial charge is 0.478 e. The van der Waals surface area contributed by atoms with Gasteiger partial charge in [-0.3, -0.25) is 4.79 Å². The van der Waals surface area contributed by atoms with Crippen LogP contribution < -0.4 is 4.74 Å². The topological polar surface area (TPSA) is 55.6 Å². The summed E-state index contributed by atoms with van der Waals surface area (Å²) < 4.78 is 11.2. The maximum absolute atomic E-state index is 12.2. The van der Waals surface area contributed by atoms with Crippen molar-refractivity contribution < 1.29 is 13.9 Å². The number of carbonyl (C=O) groups is 1. The van der Waals surface area contributed by atoms with E-state index in [1.165, 1.54) is 0 Å². The fourth-order valence-corrected chi connectivity index (χ4v) is 2.06. The molecule has 0 bridgehead atoms. The van der Waals surface area contributed by atoms with E-state index in [-0.39, 0.29) is 5.91 Å². The Labute approximate surface area is 125 Å². The molecular weight excluding hydrogens is 324 g/mol. The molecule has 0 aliphatic rings. The molecule has 0 saturated heterocycles. The monoisotopic (exact) mass is 338 g/mol. The van der Waals surface area contributed by atoms with Gasteiger partial charge in [0.15, 0.2) is 10.4 Å². The summed E-state index contributed by atoms with van der Waals surface area (Å²) in [6.45, 7) is 2.83. The van der Waals surface area contributed by atoms with Gasteiger partial charge in [-0.15, -0.1) is 0 Å². The highest BCUT2D eigenvalue weighted by Gasteiger charge is 2.17. The van der Waals surface area contributed by atoms with Crippen molar-refractivity contribution in [3.8, 4) is 5.88 Å². The first-order valence-electron chi connectivity index (χ1n) is 6.19. The van der Waals surface area contributed by atoms with Crippen molar-refractivity contribution in [1.29, 1.82) is 0 Å². The van der Waals surface area contributed by atoms with Crippen LogP contribution in [0.25, 0.3) is 0 Å². The summed E-state index contributed by atoms with van der Waals surface area (Å²) in [5.74, 6) is 0.651. The molecule has 0 aliphatic carbocycles. The lowest BCUT2D eigenvalue weighted by Gasteiger charge is -2.17. The second kappa shape index (κ2) is 6.56. The first-order chi connectivity index (χ1) is 9.61. The maximum atomic E-state index is 12.2. The molecule has 20 heavy (non-hydrogen) atoms. The standard InChI is InChI=1S/C14H15BrN2O3/c1-3-19-13-10(5-4-8-16-13)9-17(2)14(18)11-6-7-12(15)20-11/h4-8H,3,9H2,1-2H3. The summed E-state index contributed by atoms with van der Waals surface area (Å²) in [5, 5.41) is 0. The minimum Gasteiger partial charge on any atom is -0.478 e. The predicted molar refractivity (Wildman–Crippen MR) is 77.6 cm³/mol. The number of carbonyl (C=O) groups excluding carboxylic acids is 1. The molecule has 1 amide bonds. The van der Waals surface area contributed by atoms with Gasteiger partial charge in [0.25, 0.3) is 5.91 Å². The Morgan fingerprint density at radius 3 is 2.90 bits per heavy atom. The number of furan rings is 1. The smallest absolute Gasteiger partial charge is 0.289 e. The van der Waals surface area contributed by atoms with Crippen LogP contribution in [0.4, 0.5) is 0 Å². The first kappa shape index (κ1) is 14.6. The van der Waals surface area contributed by atoms with Crippen LogP contribution >= 0.6 is 15.9 Å². The zero-order chi connectivity index (χ0) is 14.5. The molecule has 0 spiro atoms. The van der Waals surface area contributed by atoms with E-state index in [4.69, 9.17) is 9.15 Å². The maximum Gasteiger partial charge on any atom is 0.289 e. The molecule has 2 aromatic heterocycles. The van der Waals surface area contributed by atoms with Gasteiger partial charge in [-0.2, -0.15) is 0 Å². The van der Waals surface area contributed by atoms with Gasteiger partial charge in [0.2, 0.25) is 5.88 Å². The molecule has 106 valence electrons. The van der Waals surface area contributed by atoms with E-state index in [1.54, 1.807) is 30.3 Å². The van der Waals surface area contributed by atoms with Gasteiger partial charge < -0.3 is 14.1 Å². The number of ether oxygens (including phenoxy) is 1. The minimum atomic E-state index is -0.193. The molecule has 6 heteroatoms. The molecule has 0 unspecified atom stereocenters. The van der Waals surface area contributed by atoms with E-state index in [0.29, 0.717) is 29.5 Å². The molecule has 0 atom stereocenters. The Balaban J connectivity index is 2.11. The molecule has 2 heterocycles. The highest BCUT2D eigenvalue weighted by molar-refractivity contribution is 9.10. The summed E-state index contributed by atoms with van der Waals surface area (Å²) >= 11 is 3.18. The van der Waals surface area contributed by atoms with E-state index in [9.17, 15) is 4.79 Å². The van der Waals surface area contributed by atoms with Gasteiger partial charge in [-0.25, -0.2) is 4.98 Å². The van der Waals surface area contributed by atoms with Gasteiger partial charge in [0, 0.05) is 18.8 Å². The van der Waals surface area contributed by atoms with Crippen LogP contribution in [0.15, 0.2) is 39.5 Å². The number of hydrogen-bond donors (Lipinski definition) is 0. The average molecular weight is 339 g/mol. The van der Waals surface area contributed by atoms with Crippen LogP contribution in [0, 0.1) is 0 Å². The van der Waals surface area contributed by atoms with Gasteiger partial charge in [0.05, 0.1) is 13.2 Å². The third-order valence-corrected chi connectivity index (χ3v) is 3.10. The number of amides is 1. The van der Waals surface area contributed by atoms with Gasteiger partial charge >= 0.3 is 0 Å². The van der Waals surface area contributed by atoms with E-state index in [0.717, 1.165) is 5.56 Å². The van der Waals surface area contributed by atoms with Crippen molar-refractivity contribution in [3.05, 3.63) is 46.5 Å². The molecule has 2 aromatic rings. The van der Waals surface area contributed by atoms with Gasteiger partial charge in [0.1, 0.15) is 0 Å². The summed E-state index contributed by atoms with van der Waals surface area (Å²) in [6.07, 6.45) is 1.67. The second-order valence-electron chi connectivity index (χ2n) is 4.17. The van der Waals surface area contributed by atoms with Gasteiger partial charge in [-0.1, -0.05) is 6.07 Å². The number of pyridine rings is 1. The van der Waals surface area contributed by atoms with Crippen molar-refractivity contribution in [1.82, 2.24) is 9.88 Å². The van der Waals surface area contributed by atoms with Crippen molar-refractivity contribution in [2.75, 3.05) is 13.7 Å². The Morgan fingerprint density at radius 1 is 1.45 bits per heavy atom. The van der Waals surface area contributed by atoms with Crippen molar-refractivity contribution in [2.45, 2.75) is 13.5 Å². The van der Waals surface area contributed by atoms with Crippen LogP contribution in [-0.4, -0.2) is 29.4 Å². The van der Waals surface area contributed by atoms with Gasteiger partial charge in [-0.05, 0) is 41.1 Å². The van der Waals surface area contributed by atoms with E-state index in [2.05, 4.69) is 20.9 Å². The molecule has 0 saturated carbocycles. The first-order valence-corrected chi connectivity index (χ1v) is 6.98. The Kier molecular flexibility index (Phi) is 4.79. The lowest BCUT2D eigenvalue weighted by molar-refractivity contribution is 0.0750. The zero-order valence-corrected chi connectivity index (χ0v) is 12.9. The molecule has 0 aliphatic heterocycles. The van der Waals surface area contributed by atoms with Crippen LogP contribution in [0.1, 0.15) is 23.0 Å². The van der Waals surface area contributed by atoms with Crippen molar-refractivity contribution >= 4 is 21.8 Å². The van der Waals surface area contributed by atoms with E-state index in [1.807, 2.05) is 19.1 Å². The second-order valence-corrected chi connectivity index (χ2v) is 4.95. The van der Waals surface area contributed by atoms with Crippen molar-refractivity contribution in [3.63, 3.8) is 0 Å². The predicted octanol–water partition coefficient (Wildman–Crippen LogP) is 3.11. The average Bonchev–Trinajstić information content (AvgIpc) is 2.87.